The molecule has 0 radical (unpaired) electrons. The van der Waals surface area contributed by atoms with Gasteiger partial charge in [-0.15, -0.1) is 0 Å². The lowest BCUT2D eigenvalue weighted by molar-refractivity contribution is -0.117. The maximum Gasteiger partial charge on any atom is 0.264 e. The second kappa shape index (κ2) is 8.11. The molecule has 2 amide bonds. The number of amides is 2. The molecule has 1 heterocycles. The van der Waals surface area contributed by atoms with Crippen molar-refractivity contribution in [3.8, 4) is 6.07 Å². The molecule has 0 spiro atoms. The number of rotatable bonds is 4. The molecule has 1 atom stereocenters. The number of nitrogens with one attached hydrogen (secondary N) is 1. The van der Waals surface area contributed by atoms with Crippen LogP contribution in [-0.2, 0) is 16.0 Å². The molecule has 1 aliphatic rings. The number of nitriles is 1. The molecule has 1 unspecified atom stereocenters. The number of benzene rings is 2. The summed E-state index contributed by atoms with van der Waals surface area (Å²) in [4.78, 5) is 26.9. The van der Waals surface area contributed by atoms with Crippen molar-refractivity contribution < 1.29 is 9.59 Å². The molecular formula is C21H19N3O2S. The van der Waals surface area contributed by atoms with Crippen molar-refractivity contribution in [2.24, 2.45) is 0 Å². The molecule has 1 N–H and O–H groups in total. The summed E-state index contributed by atoms with van der Waals surface area (Å²) in [5.74, 6) is -0.619. The van der Waals surface area contributed by atoms with Crippen LogP contribution in [-0.4, -0.2) is 24.1 Å². The molecular weight excluding hydrogens is 358 g/mol. The highest BCUT2D eigenvalue weighted by atomic mass is 32.2. The number of carbonyl (C=O) groups is 2. The van der Waals surface area contributed by atoms with E-state index in [1.807, 2.05) is 55.5 Å². The van der Waals surface area contributed by atoms with Gasteiger partial charge in [-0.25, -0.2) is 0 Å². The van der Waals surface area contributed by atoms with Gasteiger partial charge in [-0.1, -0.05) is 54.2 Å². The minimum atomic E-state index is -0.495. The number of hydrogen-bond acceptors (Lipinski definition) is 4. The van der Waals surface area contributed by atoms with Gasteiger partial charge in [0.1, 0.15) is 16.7 Å². The largest absolute Gasteiger partial charge is 0.354 e. The SMILES string of the molecule is CNC(=O)C(C#N)=C1SC(Cc2ccccc2C)C(=O)N1c1ccccc1. The van der Waals surface area contributed by atoms with Crippen molar-refractivity contribution in [3.63, 3.8) is 0 Å². The molecule has 6 heteroatoms. The lowest BCUT2D eigenvalue weighted by atomic mass is 10.0. The molecule has 136 valence electrons. The van der Waals surface area contributed by atoms with Crippen LogP contribution in [0.4, 0.5) is 5.69 Å². The van der Waals surface area contributed by atoms with Crippen LogP contribution in [0.15, 0.2) is 65.2 Å². The van der Waals surface area contributed by atoms with E-state index < -0.39 is 11.2 Å². The van der Waals surface area contributed by atoms with E-state index in [0.29, 0.717) is 17.1 Å². The zero-order chi connectivity index (χ0) is 19.4. The lowest BCUT2D eigenvalue weighted by Crippen LogP contribution is -2.31. The van der Waals surface area contributed by atoms with E-state index in [-0.39, 0.29) is 11.5 Å². The van der Waals surface area contributed by atoms with E-state index >= 15 is 0 Å². The average molecular weight is 377 g/mol. The quantitative estimate of drug-likeness (QED) is 0.656. The topological polar surface area (TPSA) is 73.2 Å². The van der Waals surface area contributed by atoms with E-state index in [2.05, 4.69) is 5.32 Å². The highest BCUT2D eigenvalue weighted by molar-refractivity contribution is 8.05. The summed E-state index contributed by atoms with van der Waals surface area (Å²) in [6.07, 6.45) is 0.537. The standard InChI is InChI=1S/C21H19N3O2S/c1-14-8-6-7-9-15(14)12-18-20(26)24(16-10-4-3-5-11-16)21(27-18)17(13-22)19(25)23-2/h3-11,18H,12H2,1-2H3,(H,23,25). The van der Waals surface area contributed by atoms with Gasteiger partial charge < -0.3 is 5.32 Å². The van der Waals surface area contributed by atoms with E-state index in [0.717, 1.165) is 11.1 Å². The zero-order valence-corrected chi connectivity index (χ0v) is 15.9. The molecule has 1 fully saturated rings. The zero-order valence-electron chi connectivity index (χ0n) is 15.1. The van der Waals surface area contributed by atoms with E-state index in [9.17, 15) is 14.9 Å². The summed E-state index contributed by atoms with van der Waals surface area (Å²) < 4.78 is 0. The van der Waals surface area contributed by atoms with E-state index in [4.69, 9.17) is 0 Å². The summed E-state index contributed by atoms with van der Waals surface area (Å²) in [5, 5.41) is 12.0. The van der Waals surface area contributed by atoms with Gasteiger partial charge in [0.2, 0.25) is 5.91 Å². The summed E-state index contributed by atoms with van der Waals surface area (Å²) in [6, 6.07) is 19.0. The molecule has 1 aliphatic heterocycles. The molecule has 0 aliphatic carbocycles. The predicted octanol–water partition coefficient (Wildman–Crippen LogP) is 3.17. The second-order valence-electron chi connectivity index (χ2n) is 6.12. The number of aryl methyl sites for hydroxylation is 1. The van der Waals surface area contributed by atoms with Gasteiger partial charge in [-0.3, -0.25) is 14.5 Å². The molecule has 0 bridgehead atoms. The maximum absolute atomic E-state index is 13.2. The summed E-state index contributed by atoms with van der Waals surface area (Å²) >= 11 is 1.27. The van der Waals surface area contributed by atoms with Crippen molar-refractivity contribution in [1.82, 2.24) is 5.32 Å². The molecule has 1 saturated heterocycles. The number of likely N-dealkylation sites (N-methyl/N-ethyl adjacent to an activating group) is 1. The van der Waals surface area contributed by atoms with Gasteiger partial charge in [0.15, 0.2) is 0 Å². The molecule has 5 nitrogen and oxygen atoms in total. The fourth-order valence-electron chi connectivity index (χ4n) is 2.96. The first-order valence-corrected chi connectivity index (χ1v) is 9.41. The minimum absolute atomic E-state index is 0.0491. The average Bonchev–Trinajstić information content (AvgIpc) is 3.00. The Kier molecular flexibility index (Phi) is 5.63. The van der Waals surface area contributed by atoms with Gasteiger partial charge in [0.05, 0.1) is 5.25 Å². The Morgan fingerprint density at radius 3 is 2.48 bits per heavy atom. The molecule has 3 rings (SSSR count). The molecule has 2 aromatic rings. The van der Waals surface area contributed by atoms with Gasteiger partial charge in [-0.2, -0.15) is 5.26 Å². The van der Waals surface area contributed by atoms with Crippen molar-refractivity contribution >= 4 is 29.3 Å². The second-order valence-corrected chi connectivity index (χ2v) is 7.31. The Bertz CT molecular complexity index is 947. The van der Waals surface area contributed by atoms with E-state index in [1.165, 1.54) is 23.7 Å². The van der Waals surface area contributed by atoms with Crippen molar-refractivity contribution in [1.29, 1.82) is 5.26 Å². The Labute approximate surface area is 162 Å². The Hall–Kier alpha value is -3.04. The minimum Gasteiger partial charge on any atom is -0.354 e. The number of anilines is 1. The van der Waals surface area contributed by atoms with Crippen LogP contribution in [0.25, 0.3) is 0 Å². The normalized spacial score (nSPS) is 18.2. The van der Waals surface area contributed by atoms with Gasteiger partial charge in [0, 0.05) is 12.7 Å². The van der Waals surface area contributed by atoms with Gasteiger partial charge >= 0.3 is 0 Å². The first-order valence-electron chi connectivity index (χ1n) is 8.53. The smallest absolute Gasteiger partial charge is 0.264 e. The molecule has 0 aromatic heterocycles. The van der Waals surface area contributed by atoms with Crippen LogP contribution in [0.1, 0.15) is 11.1 Å². The molecule has 2 aromatic carbocycles. The third-order valence-electron chi connectivity index (χ3n) is 4.41. The number of nitrogens with zero attached hydrogens (tertiary/aromatic N) is 2. The lowest BCUT2D eigenvalue weighted by Gasteiger charge is -2.18. The Morgan fingerprint density at radius 2 is 1.85 bits per heavy atom. The van der Waals surface area contributed by atoms with Crippen LogP contribution in [0, 0.1) is 18.3 Å². The Balaban J connectivity index is 2.05. The maximum atomic E-state index is 13.2. The first kappa shape index (κ1) is 18.7. The number of hydrogen-bond donors (Lipinski definition) is 1. The van der Waals surface area contributed by atoms with Gasteiger partial charge in [0.25, 0.3) is 5.91 Å². The molecule has 27 heavy (non-hydrogen) atoms. The fraction of sp³-hybridized carbons (Fsp3) is 0.190. The van der Waals surface area contributed by atoms with E-state index in [1.54, 1.807) is 12.1 Å². The van der Waals surface area contributed by atoms with Crippen LogP contribution < -0.4 is 10.2 Å². The summed E-state index contributed by atoms with van der Waals surface area (Å²) in [5.41, 5.74) is 2.79. The number of thioether (sulfide) groups is 1. The van der Waals surface area contributed by atoms with Crippen LogP contribution in [0.2, 0.25) is 0 Å². The third-order valence-corrected chi connectivity index (χ3v) is 5.68. The fourth-order valence-corrected chi connectivity index (χ4v) is 4.26. The Morgan fingerprint density at radius 1 is 1.19 bits per heavy atom. The number of carbonyl (C=O) groups excluding carboxylic acids is 2. The van der Waals surface area contributed by atoms with Crippen LogP contribution >= 0.6 is 11.8 Å². The summed E-state index contributed by atoms with van der Waals surface area (Å²) in [7, 11) is 1.47. The van der Waals surface area contributed by atoms with Crippen molar-refractivity contribution in [2.45, 2.75) is 18.6 Å². The first-order chi connectivity index (χ1) is 13.1. The van der Waals surface area contributed by atoms with Crippen molar-refractivity contribution in [2.75, 3.05) is 11.9 Å². The van der Waals surface area contributed by atoms with Gasteiger partial charge in [-0.05, 0) is 36.6 Å². The monoisotopic (exact) mass is 377 g/mol. The highest BCUT2D eigenvalue weighted by Gasteiger charge is 2.40. The van der Waals surface area contributed by atoms with Crippen LogP contribution in [0.5, 0.6) is 0 Å². The van der Waals surface area contributed by atoms with Crippen LogP contribution in [0.3, 0.4) is 0 Å². The molecule has 0 saturated carbocycles. The summed E-state index contributed by atoms with van der Waals surface area (Å²) in [6.45, 7) is 2.01. The third kappa shape index (κ3) is 3.74. The van der Waals surface area contributed by atoms with Crippen molar-refractivity contribution in [3.05, 3.63) is 76.3 Å². The predicted molar refractivity (Wildman–Crippen MR) is 107 cm³/mol. The number of para-hydroxylation sites is 1. The highest BCUT2D eigenvalue weighted by Crippen LogP contribution is 2.41.